The van der Waals surface area contributed by atoms with Crippen LogP contribution in [0, 0.1) is 5.92 Å². The molecule has 4 heteroatoms. The summed E-state index contributed by atoms with van der Waals surface area (Å²) in [6.45, 7) is 4.32. The van der Waals surface area contributed by atoms with Crippen LogP contribution in [0.1, 0.15) is 38.4 Å². The number of pyridine rings is 1. The number of halogens is 2. The second kappa shape index (κ2) is 5.69. The van der Waals surface area contributed by atoms with E-state index in [1.54, 1.807) is 12.3 Å². The van der Waals surface area contributed by atoms with E-state index in [-0.39, 0.29) is 6.04 Å². The van der Waals surface area contributed by atoms with Gasteiger partial charge >= 0.3 is 0 Å². The van der Waals surface area contributed by atoms with E-state index in [2.05, 4.69) is 18.8 Å². The molecule has 0 saturated carbocycles. The molecule has 2 unspecified atom stereocenters. The van der Waals surface area contributed by atoms with Gasteiger partial charge in [0, 0.05) is 12.2 Å². The number of hydrogen-bond donors (Lipinski definition) is 1. The highest BCUT2D eigenvalue weighted by atomic mass is 35.5. The van der Waals surface area contributed by atoms with Crippen LogP contribution in [-0.2, 0) is 0 Å². The zero-order valence-electron chi connectivity index (χ0n) is 9.00. The average molecular weight is 247 g/mol. The molecule has 0 aliphatic rings. The van der Waals surface area contributed by atoms with Crippen LogP contribution in [0.4, 0.5) is 0 Å². The van der Waals surface area contributed by atoms with Crippen molar-refractivity contribution in [2.45, 2.75) is 32.7 Å². The summed E-state index contributed by atoms with van der Waals surface area (Å²) in [6, 6.07) is 1.58. The second-order valence-electron chi connectivity index (χ2n) is 3.88. The third-order valence-electron chi connectivity index (χ3n) is 2.54. The van der Waals surface area contributed by atoms with Crippen molar-refractivity contribution < 1.29 is 0 Å². The number of aromatic nitrogens is 1. The van der Waals surface area contributed by atoms with Gasteiger partial charge in [0.15, 0.2) is 0 Å². The van der Waals surface area contributed by atoms with Crippen LogP contribution in [-0.4, -0.2) is 4.98 Å². The number of nitrogens with two attached hydrogens (primary N) is 1. The van der Waals surface area contributed by atoms with Crippen molar-refractivity contribution in [3.05, 3.63) is 28.0 Å². The van der Waals surface area contributed by atoms with Gasteiger partial charge in [-0.15, -0.1) is 0 Å². The molecular weight excluding hydrogens is 231 g/mol. The maximum atomic E-state index is 6.03. The normalized spacial score (nSPS) is 15.0. The number of rotatable bonds is 4. The van der Waals surface area contributed by atoms with Crippen LogP contribution >= 0.6 is 23.2 Å². The Kier molecular flexibility index (Phi) is 4.84. The maximum Gasteiger partial charge on any atom is 0.0758 e. The fraction of sp³-hybridized carbons (Fsp3) is 0.545. The van der Waals surface area contributed by atoms with E-state index in [4.69, 9.17) is 28.9 Å². The van der Waals surface area contributed by atoms with E-state index in [1.165, 1.54) is 0 Å². The third kappa shape index (κ3) is 3.63. The fourth-order valence-corrected chi connectivity index (χ4v) is 1.93. The molecule has 2 N–H and O–H groups in total. The predicted octanol–water partition coefficient (Wildman–Crippen LogP) is 3.82. The molecule has 1 rings (SSSR count). The van der Waals surface area contributed by atoms with E-state index < -0.39 is 0 Å². The van der Waals surface area contributed by atoms with Gasteiger partial charge in [-0.25, -0.2) is 0 Å². The van der Waals surface area contributed by atoms with Crippen molar-refractivity contribution in [2.75, 3.05) is 0 Å². The Labute approximate surface area is 101 Å². The summed E-state index contributed by atoms with van der Waals surface area (Å²) < 4.78 is 0. The minimum atomic E-state index is -0.107. The molecule has 0 spiro atoms. The third-order valence-corrected chi connectivity index (χ3v) is 3.05. The summed E-state index contributed by atoms with van der Waals surface area (Å²) in [5.74, 6) is 0.577. The Morgan fingerprint density at radius 2 is 2.13 bits per heavy atom. The lowest BCUT2D eigenvalue weighted by Gasteiger charge is -2.16. The van der Waals surface area contributed by atoms with Crippen LogP contribution in [0.3, 0.4) is 0 Å². The van der Waals surface area contributed by atoms with Gasteiger partial charge in [-0.3, -0.25) is 4.98 Å². The first-order valence-electron chi connectivity index (χ1n) is 5.11. The highest BCUT2D eigenvalue weighted by Crippen LogP contribution is 2.26. The summed E-state index contributed by atoms with van der Waals surface area (Å²) in [4.78, 5) is 4.18. The Morgan fingerprint density at radius 3 is 2.67 bits per heavy atom. The van der Waals surface area contributed by atoms with Gasteiger partial charge in [0.25, 0.3) is 0 Å². The Balaban J connectivity index is 2.77. The summed E-state index contributed by atoms with van der Waals surface area (Å²) in [5, 5.41) is 1.10. The minimum absolute atomic E-state index is 0.107. The van der Waals surface area contributed by atoms with E-state index in [0.29, 0.717) is 16.0 Å². The lowest BCUT2D eigenvalue weighted by molar-refractivity contribution is 0.456. The molecule has 1 heterocycles. The lowest BCUT2D eigenvalue weighted by Crippen LogP contribution is -2.15. The van der Waals surface area contributed by atoms with Crippen molar-refractivity contribution in [1.82, 2.24) is 4.98 Å². The Hall–Kier alpha value is -0.310. The van der Waals surface area contributed by atoms with Gasteiger partial charge in [0.05, 0.1) is 15.7 Å². The molecule has 0 amide bonds. The maximum absolute atomic E-state index is 6.03. The Morgan fingerprint density at radius 1 is 1.47 bits per heavy atom. The average Bonchev–Trinajstić information content (AvgIpc) is 2.17. The molecule has 0 bridgehead atoms. The summed E-state index contributed by atoms with van der Waals surface area (Å²) in [6.07, 6.45) is 3.59. The molecule has 15 heavy (non-hydrogen) atoms. The molecule has 84 valence electrons. The molecule has 2 nitrogen and oxygen atoms in total. The van der Waals surface area contributed by atoms with Gasteiger partial charge < -0.3 is 5.73 Å². The largest absolute Gasteiger partial charge is 0.323 e. The van der Waals surface area contributed by atoms with E-state index >= 15 is 0 Å². The number of hydrogen-bond acceptors (Lipinski definition) is 2. The van der Waals surface area contributed by atoms with Gasteiger partial charge in [0.1, 0.15) is 0 Å². The van der Waals surface area contributed by atoms with Crippen molar-refractivity contribution >= 4 is 23.2 Å². The van der Waals surface area contributed by atoms with Crippen LogP contribution in [0.2, 0.25) is 10.0 Å². The smallest absolute Gasteiger partial charge is 0.0758 e. The Bertz CT molecular complexity index is 328. The van der Waals surface area contributed by atoms with Crippen molar-refractivity contribution in [3.8, 4) is 0 Å². The molecular formula is C11H16Cl2N2. The SMILES string of the molecule is CCC(C)CC(N)c1ncc(Cl)cc1Cl. The zero-order valence-corrected chi connectivity index (χ0v) is 10.5. The van der Waals surface area contributed by atoms with Gasteiger partial charge in [-0.1, -0.05) is 43.5 Å². The molecule has 2 atom stereocenters. The predicted molar refractivity (Wildman–Crippen MR) is 65.3 cm³/mol. The van der Waals surface area contributed by atoms with Crippen molar-refractivity contribution in [3.63, 3.8) is 0 Å². The van der Waals surface area contributed by atoms with E-state index in [1.807, 2.05) is 0 Å². The molecule has 0 aliphatic carbocycles. The second-order valence-corrected chi connectivity index (χ2v) is 4.72. The first-order chi connectivity index (χ1) is 7.04. The monoisotopic (exact) mass is 246 g/mol. The van der Waals surface area contributed by atoms with E-state index in [0.717, 1.165) is 18.5 Å². The first kappa shape index (κ1) is 12.8. The van der Waals surface area contributed by atoms with Gasteiger partial charge in [-0.05, 0) is 18.4 Å². The summed E-state index contributed by atoms with van der Waals surface area (Å²) in [5.41, 5.74) is 6.77. The standard InChI is InChI=1S/C11H16Cl2N2/c1-3-7(2)4-10(14)11-9(13)5-8(12)6-15-11/h5-7,10H,3-4,14H2,1-2H3. The molecule has 0 radical (unpaired) electrons. The van der Waals surface area contributed by atoms with Crippen LogP contribution in [0.15, 0.2) is 12.3 Å². The first-order valence-corrected chi connectivity index (χ1v) is 5.86. The molecule has 0 fully saturated rings. The summed E-state index contributed by atoms with van der Waals surface area (Å²) in [7, 11) is 0. The van der Waals surface area contributed by atoms with Crippen LogP contribution in [0.5, 0.6) is 0 Å². The number of nitrogens with zero attached hydrogens (tertiary/aromatic N) is 1. The molecule has 0 aromatic carbocycles. The quantitative estimate of drug-likeness (QED) is 0.878. The van der Waals surface area contributed by atoms with Crippen molar-refractivity contribution in [2.24, 2.45) is 11.7 Å². The molecule has 1 aromatic heterocycles. The van der Waals surface area contributed by atoms with Crippen LogP contribution in [0.25, 0.3) is 0 Å². The van der Waals surface area contributed by atoms with E-state index in [9.17, 15) is 0 Å². The van der Waals surface area contributed by atoms with Crippen molar-refractivity contribution in [1.29, 1.82) is 0 Å². The van der Waals surface area contributed by atoms with Gasteiger partial charge in [-0.2, -0.15) is 0 Å². The topological polar surface area (TPSA) is 38.9 Å². The van der Waals surface area contributed by atoms with Gasteiger partial charge in [0.2, 0.25) is 0 Å². The lowest BCUT2D eigenvalue weighted by atomic mass is 9.98. The summed E-state index contributed by atoms with van der Waals surface area (Å²) >= 11 is 11.8. The minimum Gasteiger partial charge on any atom is -0.323 e. The fourth-order valence-electron chi connectivity index (χ4n) is 1.41. The molecule has 1 aromatic rings. The molecule has 0 aliphatic heterocycles. The highest BCUT2D eigenvalue weighted by molar-refractivity contribution is 6.34. The van der Waals surface area contributed by atoms with Crippen LogP contribution < -0.4 is 5.73 Å². The highest BCUT2D eigenvalue weighted by Gasteiger charge is 2.14. The molecule has 0 saturated heterocycles. The zero-order chi connectivity index (χ0) is 11.4.